The molecule has 0 radical (unpaired) electrons. The summed E-state index contributed by atoms with van der Waals surface area (Å²) in [6.45, 7) is 0.0160. The maximum absolute atomic E-state index is 13.1. The standard InChI is InChI=1S/C24H30N4O4/c1-28(2)18(29)13-25-21(30)19-14-4-5-15(12-14)20(19)22-26-23(27-32-22)24(10-11-24)16-6-8-17(31-3)9-7-16/h6-9,14-15,19-20H,4-5,10-13H2,1-3H3,(H,25,30)/t14-,15+,19-,20-/m0/s1. The second kappa shape index (κ2) is 7.90. The van der Waals surface area contributed by atoms with Gasteiger partial charge in [0.1, 0.15) is 5.75 Å². The van der Waals surface area contributed by atoms with Crippen LogP contribution in [0.5, 0.6) is 5.75 Å². The van der Waals surface area contributed by atoms with Gasteiger partial charge >= 0.3 is 0 Å². The fourth-order valence-corrected chi connectivity index (χ4v) is 5.70. The molecule has 3 saturated carbocycles. The van der Waals surface area contributed by atoms with E-state index < -0.39 is 0 Å². The summed E-state index contributed by atoms with van der Waals surface area (Å²) in [5.74, 6) is 2.32. The van der Waals surface area contributed by atoms with E-state index >= 15 is 0 Å². The number of carbonyl (C=O) groups is 2. The van der Waals surface area contributed by atoms with Crippen molar-refractivity contribution >= 4 is 11.8 Å². The van der Waals surface area contributed by atoms with Crippen LogP contribution in [-0.2, 0) is 15.0 Å². The van der Waals surface area contributed by atoms with Crippen molar-refractivity contribution in [3.8, 4) is 5.75 Å². The summed E-state index contributed by atoms with van der Waals surface area (Å²) in [6.07, 6.45) is 5.08. The van der Waals surface area contributed by atoms with Gasteiger partial charge in [0.25, 0.3) is 0 Å². The summed E-state index contributed by atoms with van der Waals surface area (Å²) in [4.78, 5) is 31.3. The van der Waals surface area contributed by atoms with Gasteiger partial charge in [0.2, 0.25) is 17.7 Å². The Morgan fingerprint density at radius 3 is 2.56 bits per heavy atom. The van der Waals surface area contributed by atoms with Crippen molar-refractivity contribution in [2.45, 2.75) is 43.4 Å². The van der Waals surface area contributed by atoms with Crippen molar-refractivity contribution in [1.29, 1.82) is 0 Å². The highest BCUT2D eigenvalue weighted by molar-refractivity contribution is 5.86. The molecule has 5 rings (SSSR count). The third-order valence-corrected chi connectivity index (χ3v) is 7.68. The maximum Gasteiger partial charge on any atom is 0.241 e. The lowest BCUT2D eigenvalue weighted by Gasteiger charge is -2.27. The molecule has 3 fully saturated rings. The van der Waals surface area contributed by atoms with E-state index in [-0.39, 0.29) is 35.6 Å². The number of fused-ring (bicyclic) bond motifs is 2. The Labute approximate surface area is 187 Å². The molecule has 3 aliphatic carbocycles. The molecule has 170 valence electrons. The number of rotatable bonds is 7. The molecule has 2 bridgehead atoms. The topological polar surface area (TPSA) is 97.6 Å². The zero-order chi connectivity index (χ0) is 22.5. The molecule has 0 unspecified atom stereocenters. The summed E-state index contributed by atoms with van der Waals surface area (Å²) in [5.41, 5.74) is 0.955. The van der Waals surface area contributed by atoms with Crippen molar-refractivity contribution < 1.29 is 18.8 Å². The van der Waals surface area contributed by atoms with Crippen molar-refractivity contribution in [2.75, 3.05) is 27.7 Å². The van der Waals surface area contributed by atoms with Gasteiger partial charge in [-0.05, 0) is 61.6 Å². The number of ether oxygens (including phenoxy) is 1. The number of aromatic nitrogens is 2. The normalized spacial score (nSPS) is 27.2. The van der Waals surface area contributed by atoms with Gasteiger partial charge in [-0.2, -0.15) is 4.98 Å². The number of methoxy groups -OCH3 is 1. The lowest BCUT2D eigenvalue weighted by atomic mass is 9.78. The Kier molecular flexibility index (Phi) is 5.18. The van der Waals surface area contributed by atoms with E-state index in [1.807, 2.05) is 12.1 Å². The number of nitrogens with zero attached hydrogens (tertiary/aromatic N) is 3. The summed E-state index contributed by atoms with van der Waals surface area (Å²) in [5, 5.41) is 7.22. The van der Waals surface area contributed by atoms with Crippen LogP contribution in [0, 0.1) is 17.8 Å². The van der Waals surface area contributed by atoms with Crippen molar-refractivity contribution in [1.82, 2.24) is 20.4 Å². The van der Waals surface area contributed by atoms with Gasteiger partial charge < -0.3 is 19.5 Å². The molecule has 2 aromatic rings. The largest absolute Gasteiger partial charge is 0.497 e. The molecule has 8 nitrogen and oxygen atoms in total. The van der Waals surface area contributed by atoms with E-state index in [9.17, 15) is 9.59 Å². The number of nitrogens with one attached hydrogen (secondary N) is 1. The predicted molar refractivity (Wildman–Crippen MR) is 116 cm³/mol. The van der Waals surface area contributed by atoms with Crippen LogP contribution in [0.1, 0.15) is 55.3 Å². The van der Waals surface area contributed by atoms with Crippen LogP contribution < -0.4 is 10.1 Å². The molecule has 32 heavy (non-hydrogen) atoms. The van der Waals surface area contributed by atoms with Gasteiger partial charge in [0, 0.05) is 14.1 Å². The number of benzene rings is 1. The van der Waals surface area contributed by atoms with E-state index in [1.54, 1.807) is 21.2 Å². The second-order valence-electron chi connectivity index (χ2n) is 9.66. The maximum atomic E-state index is 13.1. The molecule has 1 N–H and O–H groups in total. The highest BCUT2D eigenvalue weighted by atomic mass is 16.5. The molecule has 8 heteroatoms. The molecule has 0 saturated heterocycles. The van der Waals surface area contributed by atoms with E-state index in [1.165, 1.54) is 4.90 Å². The monoisotopic (exact) mass is 438 g/mol. The smallest absolute Gasteiger partial charge is 0.241 e. The first-order valence-electron chi connectivity index (χ1n) is 11.4. The fraction of sp³-hybridized carbons (Fsp3) is 0.583. The van der Waals surface area contributed by atoms with Crippen LogP contribution in [0.4, 0.5) is 0 Å². The quantitative estimate of drug-likeness (QED) is 0.713. The molecule has 1 aromatic heterocycles. The molecule has 2 amide bonds. The average molecular weight is 439 g/mol. The fourth-order valence-electron chi connectivity index (χ4n) is 5.70. The number of amides is 2. The first-order valence-corrected chi connectivity index (χ1v) is 11.4. The Morgan fingerprint density at radius 1 is 1.19 bits per heavy atom. The average Bonchev–Trinajstić information content (AvgIpc) is 3.15. The van der Waals surface area contributed by atoms with E-state index in [0.717, 1.165) is 43.4 Å². The Hall–Kier alpha value is -2.90. The molecule has 1 aromatic carbocycles. The number of carbonyl (C=O) groups excluding carboxylic acids is 2. The molecule has 0 spiro atoms. The third kappa shape index (κ3) is 3.45. The van der Waals surface area contributed by atoms with Crippen LogP contribution >= 0.6 is 0 Å². The molecule has 0 aliphatic heterocycles. The van der Waals surface area contributed by atoms with E-state index in [2.05, 4.69) is 22.6 Å². The van der Waals surface area contributed by atoms with Crippen LogP contribution in [0.3, 0.4) is 0 Å². The highest BCUT2D eigenvalue weighted by Crippen LogP contribution is 2.57. The van der Waals surface area contributed by atoms with Crippen LogP contribution in [0.15, 0.2) is 28.8 Å². The molecule has 3 aliphatic rings. The van der Waals surface area contributed by atoms with Crippen molar-refractivity contribution in [3.05, 3.63) is 41.5 Å². The number of hydrogen-bond donors (Lipinski definition) is 1. The number of likely N-dealkylation sites (N-methyl/N-ethyl adjacent to an activating group) is 1. The van der Waals surface area contributed by atoms with Crippen LogP contribution in [-0.4, -0.2) is 54.6 Å². The zero-order valence-corrected chi connectivity index (χ0v) is 18.8. The number of hydrogen-bond acceptors (Lipinski definition) is 6. The van der Waals surface area contributed by atoms with E-state index in [4.69, 9.17) is 14.2 Å². The van der Waals surface area contributed by atoms with Gasteiger partial charge in [-0.25, -0.2) is 0 Å². The third-order valence-electron chi connectivity index (χ3n) is 7.68. The minimum atomic E-state index is -0.215. The summed E-state index contributed by atoms with van der Waals surface area (Å²) in [7, 11) is 5.03. The minimum Gasteiger partial charge on any atom is -0.497 e. The summed E-state index contributed by atoms with van der Waals surface area (Å²) < 4.78 is 11.1. The molecule has 4 atom stereocenters. The van der Waals surface area contributed by atoms with Crippen molar-refractivity contribution in [2.24, 2.45) is 17.8 Å². The Morgan fingerprint density at radius 2 is 1.91 bits per heavy atom. The zero-order valence-electron chi connectivity index (χ0n) is 18.8. The summed E-state index contributed by atoms with van der Waals surface area (Å²) in [6, 6.07) is 8.05. The van der Waals surface area contributed by atoms with Crippen molar-refractivity contribution in [3.63, 3.8) is 0 Å². The van der Waals surface area contributed by atoms with Gasteiger partial charge in [-0.3, -0.25) is 9.59 Å². The molecular formula is C24H30N4O4. The van der Waals surface area contributed by atoms with Gasteiger partial charge in [0.05, 0.1) is 30.9 Å². The lowest BCUT2D eigenvalue weighted by Crippen LogP contribution is -2.42. The van der Waals surface area contributed by atoms with Gasteiger partial charge in [0.15, 0.2) is 5.82 Å². The predicted octanol–water partition coefficient (Wildman–Crippen LogP) is 2.49. The van der Waals surface area contributed by atoms with Crippen LogP contribution in [0.2, 0.25) is 0 Å². The first kappa shape index (κ1) is 21.0. The molecular weight excluding hydrogens is 408 g/mol. The van der Waals surface area contributed by atoms with Gasteiger partial charge in [-0.15, -0.1) is 0 Å². The minimum absolute atomic E-state index is 0.0160. The Balaban J connectivity index is 1.36. The highest BCUT2D eigenvalue weighted by Gasteiger charge is 2.55. The van der Waals surface area contributed by atoms with E-state index in [0.29, 0.717) is 23.6 Å². The first-order chi connectivity index (χ1) is 15.4. The Bertz CT molecular complexity index is 1010. The van der Waals surface area contributed by atoms with Crippen LogP contribution in [0.25, 0.3) is 0 Å². The SMILES string of the molecule is COc1ccc(C2(c3noc([C@H]4[C@@H]5CC[C@@H](C5)[C@@H]4C(=O)NCC(=O)N(C)C)n3)CC2)cc1. The second-order valence-corrected chi connectivity index (χ2v) is 9.66. The molecule has 1 heterocycles. The lowest BCUT2D eigenvalue weighted by molar-refractivity contribution is -0.133. The van der Waals surface area contributed by atoms with Gasteiger partial charge in [-0.1, -0.05) is 17.3 Å². The summed E-state index contributed by atoms with van der Waals surface area (Å²) >= 11 is 0.